The van der Waals surface area contributed by atoms with Gasteiger partial charge in [0.25, 0.3) is 0 Å². The third-order valence-electron chi connectivity index (χ3n) is 7.97. The van der Waals surface area contributed by atoms with E-state index in [1.165, 1.54) is 57.9 Å². The number of nitrogens with one attached hydrogen (secondary N) is 2. The average molecular weight is 384 g/mol. The van der Waals surface area contributed by atoms with Gasteiger partial charge < -0.3 is 5.32 Å². The summed E-state index contributed by atoms with van der Waals surface area (Å²) in [4.78, 5) is 2.67. The molecule has 2 aliphatic carbocycles. The summed E-state index contributed by atoms with van der Waals surface area (Å²) < 4.78 is 23.6. The van der Waals surface area contributed by atoms with Crippen LogP contribution in [0.2, 0.25) is 0 Å². The molecule has 2 saturated carbocycles. The molecule has 2 atom stereocenters. The van der Waals surface area contributed by atoms with Crippen LogP contribution in [-0.2, 0) is 9.84 Å². The first kappa shape index (κ1) is 19.2. The summed E-state index contributed by atoms with van der Waals surface area (Å²) in [5.41, 5.74) is 0.683. The minimum atomic E-state index is -2.86. The molecule has 0 aromatic heterocycles. The number of rotatable bonds is 3. The highest BCUT2D eigenvalue weighted by atomic mass is 32.2. The molecule has 0 bridgehead atoms. The van der Waals surface area contributed by atoms with Gasteiger partial charge in [-0.15, -0.1) is 0 Å². The molecular weight excluding hydrogens is 346 g/mol. The first-order valence-electron chi connectivity index (χ1n) is 10.8. The van der Waals surface area contributed by atoms with E-state index in [2.05, 4.69) is 15.5 Å². The van der Waals surface area contributed by atoms with E-state index in [-0.39, 0.29) is 5.25 Å². The van der Waals surface area contributed by atoms with E-state index >= 15 is 0 Å². The Hall–Kier alpha value is -0.170. The number of hydrogen-bond acceptors (Lipinski definition) is 5. The fraction of sp³-hybridized carbons (Fsp3) is 1.00. The van der Waals surface area contributed by atoms with Crippen LogP contribution >= 0.6 is 0 Å². The van der Waals surface area contributed by atoms with Gasteiger partial charge in [-0.05, 0) is 62.7 Å². The van der Waals surface area contributed by atoms with E-state index < -0.39 is 9.84 Å². The summed E-state index contributed by atoms with van der Waals surface area (Å²) in [7, 11) is -2.86. The van der Waals surface area contributed by atoms with Crippen molar-refractivity contribution >= 4 is 9.84 Å². The quantitative estimate of drug-likeness (QED) is 0.782. The molecule has 2 saturated heterocycles. The van der Waals surface area contributed by atoms with E-state index in [1.54, 1.807) is 0 Å². The molecule has 2 unspecified atom stereocenters. The number of sulfone groups is 1. The molecule has 2 aliphatic heterocycles. The molecule has 0 radical (unpaired) electrons. The van der Waals surface area contributed by atoms with Crippen molar-refractivity contribution in [1.29, 1.82) is 0 Å². The third kappa shape index (κ3) is 4.13. The zero-order chi connectivity index (χ0) is 18.2. The second-order valence-electron chi connectivity index (χ2n) is 9.56. The summed E-state index contributed by atoms with van der Waals surface area (Å²) in [6.07, 6.45) is 14.2. The van der Waals surface area contributed by atoms with Crippen LogP contribution in [0.3, 0.4) is 0 Å². The predicted molar refractivity (Wildman–Crippen MR) is 106 cm³/mol. The summed E-state index contributed by atoms with van der Waals surface area (Å²) in [5.74, 6) is 0.620. The number of nitrogens with zero attached hydrogens (tertiary/aromatic N) is 1. The number of hydrogen-bond donors (Lipinski definition) is 2. The highest BCUT2D eigenvalue weighted by Crippen LogP contribution is 2.46. The Labute approximate surface area is 159 Å². The largest absolute Gasteiger partial charge is 0.312 e. The summed E-state index contributed by atoms with van der Waals surface area (Å²) in [6, 6.07) is 0.497. The Morgan fingerprint density at radius 2 is 1.58 bits per heavy atom. The van der Waals surface area contributed by atoms with Gasteiger partial charge in [0.15, 0.2) is 0 Å². The predicted octanol–water partition coefficient (Wildman–Crippen LogP) is 2.13. The van der Waals surface area contributed by atoms with Crippen LogP contribution in [-0.4, -0.2) is 63.2 Å². The minimum Gasteiger partial charge on any atom is -0.312 e. The normalized spacial score (nSPS) is 39.3. The van der Waals surface area contributed by atoms with E-state index in [0.29, 0.717) is 23.5 Å². The number of likely N-dealkylation sites (tertiary alicyclic amines) is 1. The Bertz CT molecular complexity index is 570. The highest BCUT2D eigenvalue weighted by molar-refractivity contribution is 7.91. The van der Waals surface area contributed by atoms with Crippen molar-refractivity contribution in [2.24, 2.45) is 11.3 Å². The maximum atomic E-state index is 11.8. The Kier molecular flexibility index (Phi) is 5.66. The molecule has 4 aliphatic rings. The lowest BCUT2D eigenvalue weighted by atomic mass is 9.77. The van der Waals surface area contributed by atoms with Crippen LogP contribution in [0.4, 0.5) is 0 Å². The average Bonchev–Trinajstić information content (AvgIpc) is 3.10. The van der Waals surface area contributed by atoms with Gasteiger partial charge in [0, 0.05) is 38.5 Å². The van der Waals surface area contributed by atoms with Crippen molar-refractivity contribution in [2.45, 2.75) is 81.7 Å². The maximum Gasteiger partial charge on any atom is 0.150 e. The molecule has 2 heterocycles. The molecule has 26 heavy (non-hydrogen) atoms. The van der Waals surface area contributed by atoms with Crippen LogP contribution in [0.5, 0.6) is 0 Å². The Morgan fingerprint density at radius 1 is 0.923 bits per heavy atom. The fourth-order valence-corrected chi connectivity index (χ4v) is 7.26. The van der Waals surface area contributed by atoms with E-state index in [9.17, 15) is 8.42 Å². The molecule has 2 N–H and O–H groups in total. The standard InChI is InChI=1S/C20H37N3O2S/c1-26(24,25)17-6-4-16(5-7-17)18-14-21-15-19(22-18)23-12-10-20(11-13-23)8-2-3-9-20/h16-19,21-22H,2-15H2,1H3. The summed E-state index contributed by atoms with van der Waals surface area (Å²) in [6.45, 7) is 4.56. The monoisotopic (exact) mass is 383 g/mol. The van der Waals surface area contributed by atoms with Crippen molar-refractivity contribution in [3.63, 3.8) is 0 Å². The number of piperazine rings is 1. The van der Waals surface area contributed by atoms with Gasteiger partial charge in [0.05, 0.1) is 11.4 Å². The lowest BCUT2D eigenvalue weighted by Crippen LogP contribution is -2.64. The van der Waals surface area contributed by atoms with Crippen LogP contribution in [0, 0.1) is 11.3 Å². The van der Waals surface area contributed by atoms with Crippen molar-refractivity contribution in [1.82, 2.24) is 15.5 Å². The summed E-state index contributed by atoms with van der Waals surface area (Å²) in [5, 5.41) is 7.50. The van der Waals surface area contributed by atoms with Gasteiger partial charge in [-0.1, -0.05) is 12.8 Å². The molecule has 1 spiro atoms. The lowest BCUT2D eigenvalue weighted by molar-refractivity contribution is 0.0405. The van der Waals surface area contributed by atoms with E-state index in [1.807, 2.05) is 0 Å². The van der Waals surface area contributed by atoms with E-state index in [4.69, 9.17) is 0 Å². The van der Waals surface area contributed by atoms with Crippen LogP contribution in [0.25, 0.3) is 0 Å². The lowest BCUT2D eigenvalue weighted by Gasteiger charge is -2.47. The van der Waals surface area contributed by atoms with Gasteiger partial charge in [-0.25, -0.2) is 8.42 Å². The topological polar surface area (TPSA) is 61.4 Å². The first-order valence-corrected chi connectivity index (χ1v) is 12.8. The van der Waals surface area contributed by atoms with Gasteiger partial charge >= 0.3 is 0 Å². The molecule has 0 aromatic rings. The molecule has 5 nitrogen and oxygen atoms in total. The molecule has 6 heteroatoms. The van der Waals surface area contributed by atoms with Crippen molar-refractivity contribution in [3.8, 4) is 0 Å². The molecule has 4 fully saturated rings. The van der Waals surface area contributed by atoms with Gasteiger partial charge in [0.2, 0.25) is 0 Å². The van der Waals surface area contributed by atoms with E-state index in [0.717, 1.165) is 38.8 Å². The van der Waals surface area contributed by atoms with Gasteiger partial charge in [-0.2, -0.15) is 0 Å². The molecular formula is C20H37N3O2S. The van der Waals surface area contributed by atoms with Crippen LogP contribution < -0.4 is 10.6 Å². The van der Waals surface area contributed by atoms with Crippen LogP contribution in [0.1, 0.15) is 64.2 Å². The highest BCUT2D eigenvalue weighted by Gasteiger charge is 2.40. The van der Waals surface area contributed by atoms with Crippen molar-refractivity contribution in [2.75, 3.05) is 32.4 Å². The Balaban J connectivity index is 1.28. The van der Waals surface area contributed by atoms with Crippen molar-refractivity contribution < 1.29 is 8.42 Å². The zero-order valence-corrected chi connectivity index (χ0v) is 17.2. The zero-order valence-electron chi connectivity index (χ0n) is 16.4. The summed E-state index contributed by atoms with van der Waals surface area (Å²) >= 11 is 0. The van der Waals surface area contributed by atoms with Crippen molar-refractivity contribution in [3.05, 3.63) is 0 Å². The maximum absolute atomic E-state index is 11.8. The Morgan fingerprint density at radius 3 is 2.19 bits per heavy atom. The second kappa shape index (κ2) is 7.69. The minimum absolute atomic E-state index is 0.101. The molecule has 0 aromatic carbocycles. The third-order valence-corrected chi connectivity index (χ3v) is 9.65. The molecule has 0 amide bonds. The molecule has 150 valence electrons. The SMILES string of the molecule is CS(=O)(=O)C1CCC(C2CNCC(N3CCC4(CCCC4)CC3)N2)CC1. The fourth-order valence-electron chi connectivity index (χ4n) is 6.13. The number of piperidine rings is 1. The smallest absolute Gasteiger partial charge is 0.150 e. The van der Waals surface area contributed by atoms with Gasteiger partial charge in [-0.3, -0.25) is 10.2 Å². The van der Waals surface area contributed by atoms with Crippen LogP contribution in [0.15, 0.2) is 0 Å². The molecule has 4 rings (SSSR count). The second-order valence-corrected chi connectivity index (χ2v) is 11.9. The first-order chi connectivity index (χ1) is 12.5. The van der Waals surface area contributed by atoms with Gasteiger partial charge in [0.1, 0.15) is 9.84 Å².